The van der Waals surface area contributed by atoms with E-state index in [2.05, 4.69) is 27.1 Å². The van der Waals surface area contributed by atoms with E-state index >= 15 is 0 Å². The van der Waals surface area contributed by atoms with Gasteiger partial charge in [0.05, 0.1) is 26.7 Å². The molecule has 0 aliphatic heterocycles. The van der Waals surface area contributed by atoms with E-state index in [0.29, 0.717) is 0 Å². The van der Waals surface area contributed by atoms with Gasteiger partial charge in [0, 0.05) is 0 Å². The molecule has 0 spiro atoms. The minimum atomic E-state index is 0. The van der Waals surface area contributed by atoms with Crippen LogP contribution in [0.1, 0.15) is 39.0 Å². The molecule has 0 N–H and O–H groups in total. The first kappa shape index (κ1) is 18.3. The molecular weight excluding hydrogens is 262 g/mol. The monoisotopic (exact) mass is 289 g/mol. The van der Waals surface area contributed by atoms with Gasteiger partial charge >= 0.3 is 0 Å². The van der Waals surface area contributed by atoms with Crippen LogP contribution >= 0.6 is 0 Å². The Morgan fingerprint density at radius 2 is 1.44 bits per heavy atom. The maximum atomic E-state index is 3.84. The molecule has 96 valence electrons. The molecule has 0 radical (unpaired) electrons. The van der Waals surface area contributed by atoms with Crippen molar-refractivity contribution in [3.63, 3.8) is 0 Å². The molecule has 1 nitrogen and oxygen atoms in total. The molecule has 0 atom stereocenters. The highest BCUT2D eigenvalue weighted by Gasteiger charge is 2.16. The van der Waals surface area contributed by atoms with Crippen LogP contribution in [0.2, 0.25) is 0 Å². The summed E-state index contributed by atoms with van der Waals surface area (Å²) in [5.74, 6) is 0. The van der Waals surface area contributed by atoms with E-state index in [1.165, 1.54) is 38.6 Å². The molecule has 0 rings (SSSR count). The van der Waals surface area contributed by atoms with Gasteiger partial charge in [-0.2, -0.15) is 0 Å². The molecule has 0 fully saturated rings. The lowest BCUT2D eigenvalue weighted by Gasteiger charge is -2.32. The van der Waals surface area contributed by atoms with Gasteiger partial charge in [0.2, 0.25) is 0 Å². The molecule has 0 bridgehead atoms. The van der Waals surface area contributed by atoms with Crippen molar-refractivity contribution in [1.82, 2.24) is 0 Å². The summed E-state index contributed by atoms with van der Waals surface area (Å²) >= 11 is 0. The van der Waals surface area contributed by atoms with E-state index in [0.717, 1.165) is 17.6 Å². The van der Waals surface area contributed by atoms with Crippen LogP contribution in [0, 0.1) is 0 Å². The second kappa shape index (κ2) is 11.4. The number of hydrogen-bond donors (Lipinski definition) is 0. The predicted octanol–water partition coefficient (Wildman–Crippen LogP) is 0.779. The van der Waals surface area contributed by atoms with Gasteiger partial charge in [0.25, 0.3) is 0 Å². The molecule has 0 aromatic rings. The SMILES string of the molecule is C=CC[N+](C)(CC=C)CCCCCCC.[Br-]. The summed E-state index contributed by atoms with van der Waals surface area (Å²) in [7, 11) is 2.29. The summed E-state index contributed by atoms with van der Waals surface area (Å²) in [4.78, 5) is 0. The van der Waals surface area contributed by atoms with Gasteiger partial charge in [-0.1, -0.05) is 39.3 Å². The van der Waals surface area contributed by atoms with Gasteiger partial charge in [-0.3, -0.25) is 0 Å². The van der Waals surface area contributed by atoms with Crippen molar-refractivity contribution < 1.29 is 21.5 Å². The topological polar surface area (TPSA) is 0 Å². The molecule has 0 aliphatic carbocycles. The maximum absolute atomic E-state index is 3.84. The molecule has 16 heavy (non-hydrogen) atoms. The third-order valence-electron chi connectivity index (χ3n) is 2.94. The average Bonchev–Trinajstić information content (AvgIpc) is 2.18. The zero-order chi connectivity index (χ0) is 11.6. The van der Waals surface area contributed by atoms with E-state index in [4.69, 9.17) is 0 Å². The Hall–Kier alpha value is -0.0800. The van der Waals surface area contributed by atoms with Crippen molar-refractivity contribution in [2.45, 2.75) is 39.0 Å². The molecule has 0 saturated heterocycles. The molecule has 0 aromatic heterocycles. The number of quaternary nitrogens is 1. The van der Waals surface area contributed by atoms with Crippen LogP contribution in [0.4, 0.5) is 0 Å². The van der Waals surface area contributed by atoms with E-state index in [-0.39, 0.29) is 17.0 Å². The number of likely N-dealkylation sites (N-methyl/N-ethyl adjacent to an activating group) is 1. The molecule has 0 aromatic carbocycles. The molecular formula is C14H28BrN. The summed E-state index contributed by atoms with van der Waals surface area (Å²) in [6.07, 6.45) is 10.8. The Balaban J connectivity index is 0. The Kier molecular flexibility index (Phi) is 13.0. The van der Waals surface area contributed by atoms with Crippen molar-refractivity contribution in [1.29, 1.82) is 0 Å². The molecule has 0 saturated carbocycles. The number of halogens is 1. The molecule has 2 heteroatoms. The second-order valence-electron chi connectivity index (χ2n) is 4.70. The van der Waals surface area contributed by atoms with Crippen LogP contribution in [-0.4, -0.2) is 31.2 Å². The Bertz CT molecular complexity index is 168. The number of hydrogen-bond acceptors (Lipinski definition) is 0. The van der Waals surface area contributed by atoms with Gasteiger partial charge in [-0.25, -0.2) is 0 Å². The lowest BCUT2D eigenvalue weighted by atomic mass is 10.1. The summed E-state index contributed by atoms with van der Waals surface area (Å²) in [6, 6.07) is 0. The summed E-state index contributed by atoms with van der Waals surface area (Å²) in [5.41, 5.74) is 0. The van der Waals surface area contributed by atoms with Crippen LogP contribution in [-0.2, 0) is 0 Å². The fraction of sp³-hybridized carbons (Fsp3) is 0.714. The third-order valence-corrected chi connectivity index (χ3v) is 2.94. The highest BCUT2D eigenvalue weighted by molar-refractivity contribution is 4.70. The molecule has 0 heterocycles. The summed E-state index contributed by atoms with van der Waals surface area (Å²) in [5, 5.41) is 0. The standard InChI is InChI=1S/C14H28N.BrH/c1-5-8-9-10-11-14-15(4,12-6-2)13-7-3;/h6-7H,2-3,5,8-14H2,1,4H3;1H/q+1;/p-1. The van der Waals surface area contributed by atoms with Crippen LogP contribution < -0.4 is 17.0 Å². The molecule has 0 unspecified atom stereocenters. The fourth-order valence-electron chi connectivity index (χ4n) is 1.98. The van der Waals surface area contributed by atoms with E-state index in [1.54, 1.807) is 0 Å². The quantitative estimate of drug-likeness (QED) is 0.317. The van der Waals surface area contributed by atoms with Crippen LogP contribution in [0.15, 0.2) is 25.3 Å². The van der Waals surface area contributed by atoms with Gasteiger partial charge in [0.15, 0.2) is 0 Å². The minimum absolute atomic E-state index is 0. The molecule has 0 aliphatic rings. The average molecular weight is 290 g/mol. The third kappa shape index (κ3) is 9.17. The predicted molar refractivity (Wildman–Crippen MR) is 69.9 cm³/mol. The van der Waals surface area contributed by atoms with Gasteiger partial charge in [-0.15, -0.1) is 0 Å². The largest absolute Gasteiger partial charge is 1.00 e. The van der Waals surface area contributed by atoms with E-state index in [1.807, 2.05) is 12.2 Å². The Morgan fingerprint density at radius 1 is 0.938 bits per heavy atom. The molecule has 0 amide bonds. The Morgan fingerprint density at radius 3 is 1.88 bits per heavy atom. The van der Waals surface area contributed by atoms with Crippen LogP contribution in [0.3, 0.4) is 0 Å². The van der Waals surface area contributed by atoms with Crippen molar-refractivity contribution in [2.75, 3.05) is 26.7 Å². The number of nitrogens with zero attached hydrogens (tertiary/aromatic N) is 1. The summed E-state index contributed by atoms with van der Waals surface area (Å²) < 4.78 is 1.07. The zero-order valence-electron chi connectivity index (χ0n) is 11.1. The Labute approximate surface area is 113 Å². The highest BCUT2D eigenvalue weighted by Crippen LogP contribution is 2.09. The van der Waals surface area contributed by atoms with Crippen LogP contribution in [0.25, 0.3) is 0 Å². The summed E-state index contributed by atoms with van der Waals surface area (Å²) in [6.45, 7) is 13.3. The first-order chi connectivity index (χ1) is 7.18. The van der Waals surface area contributed by atoms with E-state index < -0.39 is 0 Å². The first-order valence-corrected chi connectivity index (χ1v) is 6.24. The normalized spacial score (nSPS) is 10.6. The minimum Gasteiger partial charge on any atom is -1.00 e. The zero-order valence-corrected chi connectivity index (χ0v) is 12.6. The number of unbranched alkanes of at least 4 members (excludes halogenated alkanes) is 4. The van der Waals surface area contributed by atoms with Crippen molar-refractivity contribution in [3.8, 4) is 0 Å². The van der Waals surface area contributed by atoms with Gasteiger partial charge < -0.3 is 21.5 Å². The lowest BCUT2D eigenvalue weighted by Crippen LogP contribution is -3.00. The van der Waals surface area contributed by atoms with E-state index in [9.17, 15) is 0 Å². The van der Waals surface area contributed by atoms with Crippen molar-refractivity contribution in [3.05, 3.63) is 25.3 Å². The highest BCUT2D eigenvalue weighted by atomic mass is 79.9. The van der Waals surface area contributed by atoms with Gasteiger partial charge in [-0.05, 0) is 25.0 Å². The van der Waals surface area contributed by atoms with Crippen molar-refractivity contribution in [2.24, 2.45) is 0 Å². The lowest BCUT2D eigenvalue weighted by molar-refractivity contribution is -0.898. The smallest absolute Gasteiger partial charge is 0.0971 e. The maximum Gasteiger partial charge on any atom is 0.0971 e. The van der Waals surface area contributed by atoms with Crippen LogP contribution in [0.5, 0.6) is 0 Å². The second-order valence-corrected chi connectivity index (χ2v) is 4.70. The van der Waals surface area contributed by atoms with Gasteiger partial charge in [0.1, 0.15) is 0 Å². The fourth-order valence-corrected chi connectivity index (χ4v) is 1.98. The number of rotatable bonds is 10. The van der Waals surface area contributed by atoms with Crippen molar-refractivity contribution >= 4 is 0 Å². The first-order valence-electron chi connectivity index (χ1n) is 6.24.